The van der Waals surface area contributed by atoms with Crippen LogP contribution in [0.5, 0.6) is 11.5 Å². The molecule has 1 aromatic carbocycles. The SMILES string of the molecule is NCCc1ccc2c(c1)OC(F)(F)C(F)(F)O2. The zero-order chi connectivity index (χ0) is 12.7. The largest absolute Gasteiger partial charge is 0.507 e. The number of hydrogen-bond acceptors (Lipinski definition) is 3. The van der Waals surface area contributed by atoms with E-state index in [0.717, 1.165) is 6.07 Å². The first-order valence-corrected chi connectivity index (χ1v) is 4.82. The average Bonchev–Trinajstić information content (AvgIpc) is 2.20. The van der Waals surface area contributed by atoms with Crippen LogP contribution in [0.4, 0.5) is 17.6 Å². The summed E-state index contributed by atoms with van der Waals surface area (Å²) < 4.78 is 59.2. The number of benzene rings is 1. The van der Waals surface area contributed by atoms with Crippen LogP contribution < -0.4 is 15.2 Å². The summed E-state index contributed by atoms with van der Waals surface area (Å²) in [6, 6.07) is 3.84. The van der Waals surface area contributed by atoms with Crippen LogP contribution in [-0.4, -0.2) is 18.8 Å². The number of rotatable bonds is 2. The number of alkyl halides is 4. The van der Waals surface area contributed by atoms with Crippen molar-refractivity contribution in [2.45, 2.75) is 18.6 Å². The lowest BCUT2D eigenvalue weighted by atomic mass is 10.1. The molecule has 0 aromatic heterocycles. The lowest BCUT2D eigenvalue weighted by Crippen LogP contribution is -2.52. The van der Waals surface area contributed by atoms with E-state index in [4.69, 9.17) is 5.73 Å². The maximum absolute atomic E-state index is 12.9. The van der Waals surface area contributed by atoms with Crippen molar-refractivity contribution in [3.05, 3.63) is 23.8 Å². The smallest absolute Gasteiger partial charge is 0.421 e. The van der Waals surface area contributed by atoms with Gasteiger partial charge in [-0.1, -0.05) is 6.07 Å². The Morgan fingerprint density at radius 3 is 2.18 bits per heavy atom. The van der Waals surface area contributed by atoms with E-state index in [9.17, 15) is 17.6 Å². The van der Waals surface area contributed by atoms with Gasteiger partial charge in [-0.3, -0.25) is 0 Å². The molecule has 0 saturated heterocycles. The van der Waals surface area contributed by atoms with Crippen LogP contribution in [0.1, 0.15) is 5.56 Å². The van der Waals surface area contributed by atoms with E-state index in [1.807, 2.05) is 0 Å². The van der Waals surface area contributed by atoms with Gasteiger partial charge < -0.3 is 15.2 Å². The Hall–Kier alpha value is -1.50. The van der Waals surface area contributed by atoms with E-state index < -0.39 is 23.7 Å². The molecule has 2 N–H and O–H groups in total. The van der Waals surface area contributed by atoms with Gasteiger partial charge in [0.05, 0.1) is 0 Å². The van der Waals surface area contributed by atoms with Crippen molar-refractivity contribution in [3.8, 4) is 11.5 Å². The molecule has 0 bridgehead atoms. The van der Waals surface area contributed by atoms with Crippen LogP contribution in [0.15, 0.2) is 18.2 Å². The third-order valence-electron chi connectivity index (χ3n) is 2.26. The molecule has 0 fully saturated rings. The minimum absolute atomic E-state index is 0.312. The summed E-state index contributed by atoms with van der Waals surface area (Å²) in [5, 5.41) is 0. The lowest BCUT2D eigenvalue weighted by molar-refractivity contribution is -0.391. The average molecular weight is 251 g/mol. The first kappa shape index (κ1) is 12.0. The highest BCUT2D eigenvalue weighted by atomic mass is 19.3. The summed E-state index contributed by atoms with van der Waals surface area (Å²) in [4.78, 5) is 0. The summed E-state index contributed by atoms with van der Waals surface area (Å²) in [6.45, 7) is 0.312. The Bertz CT molecular complexity index is 436. The Morgan fingerprint density at radius 1 is 1.00 bits per heavy atom. The predicted molar refractivity (Wildman–Crippen MR) is 50.4 cm³/mol. The van der Waals surface area contributed by atoms with Crippen LogP contribution in [-0.2, 0) is 6.42 Å². The molecule has 0 aliphatic carbocycles. The molecule has 3 nitrogen and oxygen atoms in total. The van der Waals surface area contributed by atoms with Crippen LogP contribution in [0.25, 0.3) is 0 Å². The van der Waals surface area contributed by atoms with Crippen molar-refractivity contribution in [2.24, 2.45) is 5.73 Å². The summed E-state index contributed by atoms with van der Waals surface area (Å²) in [5.41, 5.74) is 5.90. The highest BCUT2D eigenvalue weighted by Crippen LogP contribution is 2.46. The third kappa shape index (κ3) is 2.02. The van der Waals surface area contributed by atoms with Gasteiger partial charge in [-0.2, -0.15) is 17.6 Å². The van der Waals surface area contributed by atoms with Crippen LogP contribution in [0.2, 0.25) is 0 Å². The quantitative estimate of drug-likeness (QED) is 0.819. The van der Waals surface area contributed by atoms with E-state index in [0.29, 0.717) is 18.5 Å². The second-order valence-corrected chi connectivity index (χ2v) is 3.56. The first-order chi connectivity index (χ1) is 7.86. The monoisotopic (exact) mass is 251 g/mol. The molecule has 0 amide bonds. The summed E-state index contributed by atoms with van der Waals surface area (Å²) >= 11 is 0. The molecule has 94 valence electrons. The number of hydrogen-bond donors (Lipinski definition) is 1. The molecule has 0 saturated carbocycles. The summed E-state index contributed by atoms with van der Waals surface area (Å²) in [7, 11) is 0. The Balaban J connectivity index is 2.36. The van der Waals surface area contributed by atoms with Gasteiger partial charge in [-0.25, -0.2) is 0 Å². The fraction of sp³-hybridized carbons (Fsp3) is 0.400. The van der Waals surface area contributed by atoms with E-state index in [2.05, 4.69) is 9.47 Å². The second kappa shape index (κ2) is 3.76. The van der Waals surface area contributed by atoms with Crippen molar-refractivity contribution in [2.75, 3.05) is 6.54 Å². The van der Waals surface area contributed by atoms with Gasteiger partial charge in [0.25, 0.3) is 0 Å². The standard InChI is InChI=1S/C10H9F4NO2/c11-9(12)10(13,14)17-8-5-6(3-4-15)1-2-7(8)16-9/h1-2,5H,3-4,15H2. The van der Waals surface area contributed by atoms with Gasteiger partial charge in [0.15, 0.2) is 11.5 Å². The highest BCUT2D eigenvalue weighted by molar-refractivity contribution is 5.44. The maximum Gasteiger partial charge on any atom is 0.507 e. The van der Waals surface area contributed by atoms with Crippen molar-refractivity contribution in [1.82, 2.24) is 0 Å². The minimum atomic E-state index is -4.68. The first-order valence-electron chi connectivity index (χ1n) is 4.82. The number of ether oxygens (including phenoxy) is 2. The van der Waals surface area contributed by atoms with Crippen molar-refractivity contribution in [1.29, 1.82) is 0 Å². The van der Waals surface area contributed by atoms with Gasteiger partial charge >= 0.3 is 12.2 Å². The van der Waals surface area contributed by atoms with Gasteiger partial charge in [-0.15, -0.1) is 0 Å². The molecule has 0 atom stereocenters. The van der Waals surface area contributed by atoms with Crippen molar-refractivity contribution in [3.63, 3.8) is 0 Å². The highest BCUT2D eigenvalue weighted by Gasteiger charge is 2.65. The Morgan fingerprint density at radius 2 is 1.59 bits per heavy atom. The van der Waals surface area contributed by atoms with Crippen LogP contribution in [0, 0.1) is 0 Å². The summed E-state index contributed by atoms with van der Waals surface area (Å²) in [5.74, 6) is -0.825. The zero-order valence-corrected chi connectivity index (χ0v) is 8.55. The molecule has 0 radical (unpaired) electrons. The topological polar surface area (TPSA) is 44.5 Å². The molecule has 1 aromatic rings. The molecule has 7 heteroatoms. The second-order valence-electron chi connectivity index (χ2n) is 3.56. The molecule has 1 aliphatic rings. The Kier molecular flexibility index (Phi) is 2.65. The molecule has 0 unspecified atom stereocenters. The van der Waals surface area contributed by atoms with Crippen LogP contribution in [0.3, 0.4) is 0 Å². The zero-order valence-electron chi connectivity index (χ0n) is 8.55. The number of nitrogens with two attached hydrogens (primary N) is 1. The number of halogens is 4. The Labute approximate surface area is 94.1 Å². The molecule has 17 heavy (non-hydrogen) atoms. The normalized spacial score (nSPS) is 20.1. The third-order valence-corrected chi connectivity index (χ3v) is 2.26. The van der Waals surface area contributed by atoms with Gasteiger partial charge in [0, 0.05) is 0 Å². The molecular weight excluding hydrogens is 242 g/mol. The molecule has 1 heterocycles. The van der Waals surface area contributed by atoms with Crippen LogP contribution >= 0.6 is 0 Å². The van der Waals surface area contributed by atoms with Crippen molar-refractivity contribution < 1.29 is 27.0 Å². The predicted octanol–water partition coefficient (Wildman–Crippen LogP) is 2.14. The molecular formula is C10H9F4NO2. The van der Waals surface area contributed by atoms with Gasteiger partial charge in [-0.05, 0) is 30.7 Å². The van der Waals surface area contributed by atoms with E-state index in [1.165, 1.54) is 12.1 Å². The van der Waals surface area contributed by atoms with Gasteiger partial charge in [0.2, 0.25) is 0 Å². The minimum Gasteiger partial charge on any atom is -0.421 e. The number of fused-ring (bicyclic) bond motifs is 1. The lowest BCUT2D eigenvalue weighted by Gasteiger charge is -2.31. The van der Waals surface area contributed by atoms with Gasteiger partial charge in [0.1, 0.15) is 0 Å². The fourth-order valence-electron chi connectivity index (χ4n) is 1.43. The van der Waals surface area contributed by atoms with E-state index in [-0.39, 0.29) is 0 Å². The van der Waals surface area contributed by atoms with E-state index >= 15 is 0 Å². The van der Waals surface area contributed by atoms with Crippen molar-refractivity contribution >= 4 is 0 Å². The molecule has 0 spiro atoms. The maximum atomic E-state index is 12.9. The fourth-order valence-corrected chi connectivity index (χ4v) is 1.43. The molecule has 2 rings (SSSR count). The van der Waals surface area contributed by atoms with E-state index in [1.54, 1.807) is 0 Å². The summed E-state index contributed by atoms with van der Waals surface area (Å²) in [6.07, 6.45) is -8.92. The molecule has 1 aliphatic heterocycles.